The van der Waals surface area contributed by atoms with Crippen LogP contribution >= 0.6 is 0 Å². The Morgan fingerprint density at radius 3 is 2.60 bits per heavy atom. The maximum atomic E-state index is 11.8. The molecule has 3 N–H and O–H groups in total. The van der Waals surface area contributed by atoms with Crippen LogP contribution in [0.3, 0.4) is 0 Å². The van der Waals surface area contributed by atoms with E-state index in [1.807, 2.05) is 13.8 Å². The Kier molecular flexibility index (Phi) is 5.28. The number of hydrogen-bond acceptors (Lipinski definition) is 4. The van der Waals surface area contributed by atoms with Crippen molar-refractivity contribution in [1.29, 1.82) is 0 Å². The van der Waals surface area contributed by atoms with Crippen molar-refractivity contribution in [3.63, 3.8) is 0 Å². The van der Waals surface area contributed by atoms with E-state index in [0.717, 1.165) is 0 Å². The third-order valence-electron chi connectivity index (χ3n) is 4.02. The summed E-state index contributed by atoms with van der Waals surface area (Å²) in [6.07, 6.45) is 1.55. The maximum absolute atomic E-state index is 11.8. The van der Waals surface area contributed by atoms with Crippen LogP contribution in [0, 0.1) is 17.8 Å². The van der Waals surface area contributed by atoms with Crippen LogP contribution in [0.2, 0.25) is 0 Å². The third-order valence-corrected chi connectivity index (χ3v) is 4.02. The molecule has 0 aromatic rings. The molecule has 113 valence electrons. The van der Waals surface area contributed by atoms with Crippen LogP contribution < -0.4 is 11.1 Å². The van der Waals surface area contributed by atoms with E-state index in [2.05, 4.69) is 5.32 Å². The van der Waals surface area contributed by atoms with E-state index in [9.17, 15) is 14.4 Å². The smallest absolute Gasteiger partial charge is 0.224 e. The lowest BCUT2D eigenvalue weighted by atomic mass is 9.76. The molecule has 1 aliphatic rings. The number of rotatable bonds is 6. The predicted molar refractivity (Wildman–Crippen MR) is 73.4 cm³/mol. The summed E-state index contributed by atoms with van der Waals surface area (Å²) in [6.45, 7) is 7.27. The van der Waals surface area contributed by atoms with Crippen LogP contribution in [-0.4, -0.2) is 36.4 Å². The van der Waals surface area contributed by atoms with Gasteiger partial charge in [-0.1, -0.05) is 20.8 Å². The van der Waals surface area contributed by atoms with E-state index >= 15 is 0 Å². The molecule has 1 aliphatic heterocycles. The molecule has 3 atom stereocenters. The fraction of sp³-hybridized carbons (Fsp3) is 0.714. The van der Waals surface area contributed by atoms with Gasteiger partial charge in [-0.3, -0.25) is 14.4 Å². The molecule has 0 spiro atoms. The molecule has 20 heavy (non-hydrogen) atoms. The van der Waals surface area contributed by atoms with Crippen molar-refractivity contribution in [3.8, 4) is 0 Å². The van der Waals surface area contributed by atoms with Gasteiger partial charge in [0.05, 0.1) is 12.5 Å². The lowest BCUT2D eigenvalue weighted by molar-refractivity contribution is -0.126. The molecule has 6 nitrogen and oxygen atoms in total. The first-order chi connectivity index (χ1) is 9.15. The van der Waals surface area contributed by atoms with Crippen LogP contribution in [0.5, 0.6) is 0 Å². The average molecular weight is 283 g/mol. The van der Waals surface area contributed by atoms with Gasteiger partial charge >= 0.3 is 0 Å². The number of primary amides is 1. The van der Waals surface area contributed by atoms with Gasteiger partial charge in [-0.15, -0.1) is 0 Å². The van der Waals surface area contributed by atoms with Crippen LogP contribution in [0.1, 0.15) is 34.1 Å². The summed E-state index contributed by atoms with van der Waals surface area (Å²) in [7, 11) is 0. The molecule has 0 saturated carbocycles. The molecule has 1 rings (SSSR count). The number of nitrogens with two attached hydrogens (primary N) is 1. The summed E-state index contributed by atoms with van der Waals surface area (Å²) >= 11 is 0. The highest BCUT2D eigenvalue weighted by molar-refractivity contribution is 5.94. The van der Waals surface area contributed by atoms with Gasteiger partial charge in [0.2, 0.25) is 11.8 Å². The minimum atomic E-state index is -0.588. The van der Waals surface area contributed by atoms with Crippen LogP contribution in [0.15, 0.2) is 0 Å². The maximum Gasteiger partial charge on any atom is 0.224 e. The minimum Gasteiger partial charge on any atom is -0.369 e. The molecule has 1 saturated heterocycles. The van der Waals surface area contributed by atoms with Gasteiger partial charge in [0.15, 0.2) is 5.78 Å². The molecular formula is C14H23N2O4. The Balaban J connectivity index is 2.47. The van der Waals surface area contributed by atoms with E-state index in [-0.39, 0.29) is 30.3 Å². The number of hydrogen-bond donors (Lipinski definition) is 2. The second-order valence-electron chi connectivity index (χ2n) is 5.99. The Labute approximate surface area is 119 Å². The molecule has 0 aromatic carbocycles. The van der Waals surface area contributed by atoms with Gasteiger partial charge in [0.25, 0.3) is 0 Å². The Morgan fingerprint density at radius 1 is 1.55 bits per heavy atom. The molecule has 0 bridgehead atoms. The normalized spacial score (nSPS) is 24.5. The Morgan fingerprint density at radius 2 is 2.15 bits per heavy atom. The molecule has 0 aromatic heterocycles. The van der Waals surface area contributed by atoms with Gasteiger partial charge in [-0.05, 0) is 18.8 Å². The monoisotopic (exact) mass is 283 g/mol. The van der Waals surface area contributed by atoms with E-state index in [1.165, 1.54) is 6.42 Å². The zero-order valence-electron chi connectivity index (χ0n) is 12.4. The van der Waals surface area contributed by atoms with Crippen molar-refractivity contribution in [2.24, 2.45) is 17.1 Å². The topological polar surface area (TPSA) is 98.5 Å². The largest absolute Gasteiger partial charge is 0.369 e. The Bertz CT molecular complexity index is 406. The molecule has 1 fully saturated rings. The standard InChI is InChI=1S/C14H23N2O4/c1-8(13(15)19)14(3,4)6-5-11(18)16-12-9(2)20-7-10(12)17/h5,8-9,12H,6-7H2,1-4H3,(H2,15,19)(H,16,18)/t8?,9-,12-/m0/s1. The number of Topliss-reactive ketones (excluding diaryl/α,β-unsaturated/α-hetero) is 1. The van der Waals surface area contributed by atoms with Gasteiger partial charge in [-0.2, -0.15) is 0 Å². The number of ketones is 1. The van der Waals surface area contributed by atoms with Gasteiger partial charge in [-0.25, -0.2) is 0 Å². The second kappa shape index (κ2) is 6.35. The summed E-state index contributed by atoms with van der Waals surface area (Å²) in [4.78, 5) is 34.5. The number of amides is 2. The Hall–Kier alpha value is -1.43. The van der Waals surface area contributed by atoms with Gasteiger partial charge in [0.1, 0.15) is 12.6 Å². The molecule has 1 unspecified atom stereocenters. The van der Waals surface area contributed by atoms with E-state index in [0.29, 0.717) is 6.42 Å². The minimum absolute atomic E-state index is 0.0380. The third kappa shape index (κ3) is 4.03. The van der Waals surface area contributed by atoms with E-state index in [1.54, 1.807) is 13.8 Å². The van der Waals surface area contributed by atoms with Crippen molar-refractivity contribution < 1.29 is 19.1 Å². The summed E-state index contributed by atoms with van der Waals surface area (Å²) in [5.74, 6) is -1.19. The number of carbonyl (C=O) groups is 3. The highest BCUT2D eigenvalue weighted by Gasteiger charge is 2.35. The summed E-state index contributed by atoms with van der Waals surface area (Å²) in [5, 5.41) is 2.63. The molecule has 6 heteroatoms. The quantitative estimate of drug-likeness (QED) is 0.727. The van der Waals surface area contributed by atoms with E-state index in [4.69, 9.17) is 10.5 Å². The fourth-order valence-corrected chi connectivity index (χ4v) is 1.99. The molecule has 0 aliphatic carbocycles. The summed E-state index contributed by atoms with van der Waals surface area (Å²) in [6, 6.07) is -0.588. The zero-order chi connectivity index (χ0) is 15.5. The first-order valence-electron chi connectivity index (χ1n) is 6.72. The highest BCUT2D eigenvalue weighted by Crippen LogP contribution is 2.31. The van der Waals surface area contributed by atoms with Crippen molar-refractivity contribution in [3.05, 3.63) is 6.42 Å². The number of ether oxygens (including phenoxy) is 1. The highest BCUT2D eigenvalue weighted by atomic mass is 16.5. The van der Waals surface area contributed by atoms with Crippen molar-refractivity contribution in [2.75, 3.05) is 6.61 Å². The molecule has 2 amide bonds. The summed E-state index contributed by atoms with van der Waals surface area (Å²) < 4.78 is 5.15. The molecule has 1 radical (unpaired) electrons. The van der Waals surface area contributed by atoms with Crippen LogP contribution in [0.25, 0.3) is 0 Å². The fourth-order valence-electron chi connectivity index (χ4n) is 1.99. The first kappa shape index (κ1) is 16.6. The number of carbonyl (C=O) groups excluding carboxylic acids is 3. The molecular weight excluding hydrogens is 260 g/mol. The number of nitrogens with one attached hydrogen (secondary N) is 1. The van der Waals surface area contributed by atoms with Gasteiger partial charge < -0.3 is 15.8 Å². The summed E-state index contributed by atoms with van der Waals surface area (Å²) in [5.41, 5.74) is 4.87. The second-order valence-corrected chi connectivity index (χ2v) is 5.99. The van der Waals surface area contributed by atoms with Crippen molar-refractivity contribution in [1.82, 2.24) is 5.32 Å². The zero-order valence-corrected chi connectivity index (χ0v) is 12.4. The lowest BCUT2D eigenvalue weighted by Gasteiger charge is -2.29. The van der Waals surface area contributed by atoms with Crippen LogP contribution in [-0.2, 0) is 19.1 Å². The van der Waals surface area contributed by atoms with Crippen molar-refractivity contribution >= 4 is 17.6 Å². The van der Waals surface area contributed by atoms with Gasteiger partial charge in [0, 0.05) is 5.92 Å². The van der Waals surface area contributed by atoms with Crippen LogP contribution in [0.4, 0.5) is 0 Å². The first-order valence-corrected chi connectivity index (χ1v) is 6.72. The predicted octanol–water partition coefficient (Wildman–Crippen LogP) is 0.201. The van der Waals surface area contributed by atoms with Crippen molar-refractivity contribution in [2.45, 2.75) is 46.3 Å². The lowest BCUT2D eigenvalue weighted by Crippen LogP contribution is -2.44. The average Bonchev–Trinajstić information content (AvgIpc) is 2.67. The van der Waals surface area contributed by atoms with E-state index < -0.39 is 17.4 Å². The SMILES string of the molecule is CC(C(N)=O)C(C)(C)C[CH]C(=O)N[C@@H]1C(=O)CO[C@H]1C. The molecule has 1 heterocycles.